The van der Waals surface area contributed by atoms with Crippen molar-refractivity contribution in [3.63, 3.8) is 0 Å². The second-order valence-corrected chi connectivity index (χ2v) is 19.6. The predicted molar refractivity (Wildman–Crippen MR) is 313 cm³/mol. The molecule has 1 aliphatic carbocycles. The summed E-state index contributed by atoms with van der Waals surface area (Å²) in [6, 6.07) is 108. The number of nitrogens with zero attached hydrogens (tertiary/aromatic N) is 1. The van der Waals surface area contributed by atoms with E-state index in [2.05, 4.69) is 290 Å². The van der Waals surface area contributed by atoms with Crippen LogP contribution >= 0.6 is 0 Å². The molecule has 1 aliphatic rings. The van der Waals surface area contributed by atoms with Gasteiger partial charge in [0, 0.05) is 27.8 Å². The van der Waals surface area contributed by atoms with E-state index in [0.29, 0.717) is 0 Å². The summed E-state index contributed by atoms with van der Waals surface area (Å²) in [4.78, 5) is 2.40. The van der Waals surface area contributed by atoms with E-state index in [4.69, 9.17) is 4.42 Å². The van der Waals surface area contributed by atoms with Gasteiger partial charge in [0.05, 0.1) is 5.41 Å². The number of hydrogen-bond acceptors (Lipinski definition) is 2. The highest BCUT2D eigenvalue weighted by Crippen LogP contribution is 2.58. The first kappa shape index (κ1) is 44.0. The Balaban J connectivity index is 0.908. The Labute approximate surface area is 437 Å². The van der Waals surface area contributed by atoms with Crippen LogP contribution in [0.15, 0.2) is 302 Å². The number of anilines is 3. The maximum atomic E-state index is 6.21. The van der Waals surface area contributed by atoms with Gasteiger partial charge in [-0.3, -0.25) is 0 Å². The molecule has 12 aromatic carbocycles. The summed E-state index contributed by atoms with van der Waals surface area (Å²) >= 11 is 0. The van der Waals surface area contributed by atoms with E-state index in [-0.39, 0.29) is 0 Å². The molecule has 1 aromatic heterocycles. The number of benzene rings is 12. The van der Waals surface area contributed by atoms with Gasteiger partial charge in [-0.05, 0) is 162 Å². The normalized spacial score (nSPS) is 12.4. The van der Waals surface area contributed by atoms with Gasteiger partial charge < -0.3 is 9.32 Å². The fourth-order valence-electron chi connectivity index (χ4n) is 11.9. The van der Waals surface area contributed by atoms with Crippen LogP contribution in [0.5, 0.6) is 0 Å². The molecule has 2 heteroatoms. The SMILES string of the molecule is c1ccc(-c2cc(-c3ccccc3)cc(-c3ccc(N(c4ccc(-c5ccc6oc7ccccc7c6c5)cc4)c4cccc(-c5cccc6c5-c5ccccc5C6(c5ccccc5)c5ccccc5)c4)cc3)c2)cc1. The molecule has 1 heterocycles. The molecule has 0 fully saturated rings. The first-order valence-corrected chi connectivity index (χ1v) is 25.8. The van der Waals surface area contributed by atoms with Crippen molar-refractivity contribution in [2.75, 3.05) is 4.90 Å². The molecule has 0 radical (unpaired) electrons. The Hall–Kier alpha value is -9.76. The second-order valence-electron chi connectivity index (χ2n) is 19.6. The minimum Gasteiger partial charge on any atom is -0.456 e. The summed E-state index contributed by atoms with van der Waals surface area (Å²) in [6.07, 6.45) is 0. The van der Waals surface area contributed by atoms with Crippen molar-refractivity contribution >= 4 is 39.0 Å². The lowest BCUT2D eigenvalue weighted by molar-refractivity contribution is 0.669. The maximum Gasteiger partial charge on any atom is 0.135 e. The summed E-state index contributed by atoms with van der Waals surface area (Å²) in [5, 5.41) is 2.25. The van der Waals surface area contributed by atoms with Crippen LogP contribution in [-0.4, -0.2) is 0 Å². The highest BCUT2D eigenvalue weighted by molar-refractivity contribution is 6.06. The van der Waals surface area contributed by atoms with E-state index >= 15 is 0 Å². The van der Waals surface area contributed by atoms with Gasteiger partial charge in [0.1, 0.15) is 11.2 Å². The fourth-order valence-corrected chi connectivity index (χ4v) is 11.9. The van der Waals surface area contributed by atoms with Crippen LogP contribution in [0.3, 0.4) is 0 Å². The van der Waals surface area contributed by atoms with E-state index in [9.17, 15) is 0 Å². The zero-order valence-corrected chi connectivity index (χ0v) is 41.1. The summed E-state index contributed by atoms with van der Waals surface area (Å²) in [5.74, 6) is 0. The van der Waals surface area contributed by atoms with Gasteiger partial charge >= 0.3 is 0 Å². The third kappa shape index (κ3) is 7.58. The highest BCUT2D eigenvalue weighted by Gasteiger charge is 2.46. The molecule has 14 rings (SSSR count). The van der Waals surface area contributed by atoms with Crippen molar-refractivity contribution < 1.29 is 4.42 Å². The second kappa shape index (κ2) is 18.4. The van der Waals surface area contributed by atoms with E-state index in [1.54, 1.807) is 0 Å². The van der Waals surface area contributed by atoms with Gasteiger partial charge in [-0.1, -0.05) is 224 Å². The Bertz CT molecular complexity index is 4100. The molecule has 0 unspecified atom stereocenters. The topological polar surface area (TPSA) is 16.4 Å². The van der Waals surface area contributed by atoms with Crippen molar-refractivity contribution in [1.82, 2.24) is 0 Å². The van der Waals surface area contributed by atoms with E-state index in [1.165, 1.54) is 66.8 Å². The van der Waals surface area contributed by atoms with Crippen molar-refractivity contribution in [2.24, 2.45) is 0 Å². The fraction of sp³-hybridized carbons (Fsp3) is 0.0137. The average Bonchev–Trinajstić information content (AvgIpc) is 4.12. The lowest BCUT2D eigenvalue weighted by Crippen LogP contribution is -2.28. The molecule has 0 N–H and O–H groups in total. The zero-order chi connectivity index (χ0) is 49.7. The number of para-hydroxylation sites is 1. The van der Waals surface area contributed by atoms with Gasteiger partial charge in [-0.2, -0.15) is 0 Å². The van der Waals surface area contributed by atoms with Gasteiger partial charge in [-0.15, -0.1) is 0 Å². The van der Waals surface area contributed by atoms with Crippen LogP contribution in [-0.2, 0) is 5.41 Å². The number of hydrogen-bond donors (Lipinski definition) is 0. The summed E-state index contributed by atoms with van der Waals surface area (Å²) in [6.45, 7) is 0. The molecule has 0 saturated carbocycles. The summed E-state index contributed by atoms with van der Waals surface area (Å²) < 4.78 is 6.21. The molecule has 0 saturated heterocycles. The Morgan fingerprint density at radius 1 is 0.253 bits per heavy atom. The lowest BCUT2D eigenvalue weighted by Gasteiger charge is -2.34. The first-order chi connectivity index (χ1) is 37.2. The minimum absolute atomic E-state index is 0.491. The molecule has 0 aliphatic heterocycles. The zero-order valence-electron chi connectivity index (χ0n) is 41.1. The monoisotopic (exact) mass is 955 g/mol. The first-order valence-electron chi connectivity index (χ1n) is 25.8. The molecule has 352 valence electrons. The van der Waals surface area contributed by atoms with Crippen molar-refractivity contribution in [1.29, 1.82) is 0 Å². The van der Waals surface area contributed by atoms with Crippen LogP contribution in [0.25, 0.3) is 88.7 Å². The van der Waals surface area contributed by atoms with Crippen molar-refractivity contribution in [3.8, 4) is 66.8 Å². The third-order valence-electron chi connectivity index (χ3n) is 15.3. The van der Waals surface area contributed by atoms with Crippen LogP contribution in [0, 0.1) is 0 Å². The van der Waals surface area contributed by atoms with Crippen molar-refractivity contribution in [2.45, 2.75) is 5.41 Å². The van der Waals surface area contributed by atoms with Crippen LogP contribution in [0.4, 0.5) is 17.1 Å². The van der Waals surface area contributed by atoms with Gasteiger partial charge in [0.25, 0.3) is 0 Å². The largest absolute Gasteiger partial charge is 0.456 e. The van der Waals surface area contributed by atoms with Gasteiger partial charge in [-0.25, -0.2) is 0 Å². The maximum absolute atomic E-state index is 6.21. The number of rotatable bonds is 10. The quantitative estimate of drug-likeness (QED) is 0.136. The minimum atomic E-state index is -0.491. The molecule has 0 spiro atoms. The van der Waals surface area contributed by atoms with Gasteiger partial charge in [0.2, 0.25) is 0 Å². The van der Waals surface area contributed by atoms with Crippen LogP contribution in [0.2, 0.25) is 0 Å². The molecule has 13 aromatic rings. The lowest BCUT2D eigenvalue weighted by atomic mass is 9.67. The molecule has 0 amide bonds. The third-order valence-corrected chi connectivity index (χ3v) is 15.3. The van der Waals surface area contributed by atoms with Crippen LogP contribution < -0.4 is 4.90 Å². The molecule has 0 atom stereocenters. The number of fused-ring (bicyclic) bond motifs is 6. The van der Waals surface area contributed by atoms with Gasteiger partial charge in [0.15, 0.2) is 0 Å². The molecular weight excluding hydrogens is 907 g/mol. The summed E-state index contributed by atoms with van der Waals surface area (Å²) in [7, 11) is 0. The number of furan rings is 1. The molecule has 75 heavy (non-hydrogen) atoms. The van der Waals surface area contributed by atoms with E-state index in [1.807, 2.05) is 12.1 Å². The van der Waals surface area contributed by atoms with Crippen molar-refractivity contribution in [3.05, 3.63) is 320 Å². The predicted octanol–water partition coefficient (Wildman–Crippen LogP) is 19.8. The Morgan fingerprint density at radius 2 is 0.707 bits per heavy atom. The highest BCUT2D eigenvalue weighted by atomic mass is 16.3. The van der Waals surface area contributed by atoms with Crippen LogP contribution in [0.1, 0.15) is 22.3 Å². The molecule has 0 bridgehead atoms. The molecule has 2 nitrogen and oxygen atoms in total. The van der Waals surface area contributed by atoms with E-state index in [0.717, 1.165) is 61.3 Å². The average molecular weight is 956 g/mol. The standard InChI is InChI=1S/C73H49NO/c1-5-19-50(20-6-1)56-45-57(51-21-7-2-8-22-51)47-58(46-56)53-37-42-62(43-38-53)74(61-40-35-52(36-41-61)54-39-44-71-67(49-54)65-29-14-16-34-70(65)75-71)63-28-17-23-55(48-63)64-31-18-33-69-72(64)66-30-13-15-32-68(66)73(69,59-24-9-3-10-25-59)60-26-11-4-12-27-60/h1-49H. The summed E-state index contributed by atoms with van der Waals surface area (Å²) in [5.41, 5.74) is 23.9. The molecular formula is C73H49NO. The Kier molecular flexibility index (Phi) is 10.8. The Morgan fingerprint density at radius 3 is 1.33 bits per heavy atom. The van der Waals surface area contributed by atoms with E-state index < -0.39 is 5.41 Å². The smallest absolute Gasteiger partial charge is 0.135 e.